The summed E-state index contributed by atoms with van der Waals surface area (Å²) in [6.07, 6.45) is 1.85. The molecule has 150 valence electrons. The maximum absolute atomic E-state index is 13.4. The molecule has 1 aliphatic heterocycles. The first kappa shape index (κ1) is 20.1. The summed E-state index contributed by atoms with van der Waals surface area (Å²) in [5.74, 6) is 0.469. The Bertz CT molecular complexity index is 794. The highest BCUT2D eigenvalue weighted by atomic mass is 19.1. The number of urea groups is 1. The fraction of sp³-hybridized carbons (Fsp3) is 0.409. The molecule has 2 N–H and O–H groups in total. The monoisotopic (exact) mass is 386 g/mol. The van der Waals surface area contributed by atoms with Gasteiger partial charge in [0.15, 0.2) is 0 Å². The Morgan fingerprint density at radius 3 is 2.46 bits per heavy atom. The molecular formula is C22H27FN2O3. The van der Waals surface area contributed by atoms with Crippen molar-refractivity contribution in [1.29, 1.82) is 0 Å². The van der Waals surface area contributed by atoms with Gasteiger partial charge in [0.2, 0.25) is 0 Å². The van der Waals surface area contributed by atoms with Crippen molar-refractivity contribution in [3.05, 3.63) is 65.5 Å². The molecule has 1 heterocycles. The van der Waals surface area contributed by atoms with Crippen LogP contribution in [0.15, 0.2) is 48.5 Å². The molecule has 2 aromatic rings. The summed E-state index contributed by atoms with van der Waals surface area (Å²) in [5, 5.41) is 12.5. The molecule has 0 radical (unpaired) electrons. The maximum atomic E-state index is 13.4. The molecule has 3 rings (SSSR count). The Labute approximate surface area is 165 Å². The molecule has 6 heteroatoms. The van der Waals surface area contributed by atoms with Gasteiger partial charge in [-0.15, -0.1) is 0 Å². The van der Waals surface area contributed by atoms with Gasteiger partial charge in [0.05, 0.1) is 18.7 Å². The van der Waals surface area contributed by atoms with Gasteiger partial charge in [0.1, 0.15) is 11.6 Å². The number of nitrogens with one attached hydrogen (secondary N) is 1. The lowest BCUT2D eigenvalue weighted by Gasteiger charge is -2.45. The lowest BCUT2D eigenvalue weighted by molar-refractivity contribution is 0.117. The smallest absolute Gasteiger partial charge is 0.318 e. The van der Waals surface area contributed by atoms with Crippen LogP contribution in [0.25, 0.3) is 0 Å². The van der Waals surface area contributed by atoms with Crippen LogP contribution in [0.1, 0.15) is 43.4 Å². The summed E-state index contributed by atoms with van der Waals surface area (Å²) in [6.45, 7) is 2.62. The van der Waals surface area contributed by atoms with Crippen LogP contribution in [-0.4, -0.2) is 36.3 Å². The second-order valence-electron chi connectivity index (χ2n) is 7.24. The molecule has 28 heavy (non-hydrogen) atoms. The van der Waals surface area contributed by atoms with Crippen molar-refractivity contribution in [2.75, 3.05) is 20.3 Å². The number of halogens is 1. The van der Waals surface area contributed by atoms with Crippen LogP contribution in [0.4, 0.5) is 9.18 Å². The van der Waals surface area contributed by atoms with E-state index in [0.29, 0.717) is 25.8 Å². The highest BCUT2D eigenvalue weighted by Crippen LogP contribution is 2.36. The minimum atomic E-state index is -0.594. The number of ether oxygens (including phenoxy) is 1. The van der Waals surface area contributed by atoms with Gasteiger partial charge in [-0.25, -0.2) is 9.18 Å². The van der Waals surface area contributed by atoms with E-state index in [9.17, 15) is 14.3 Å². The van der Waals surface area contributed by atoms with Gasteiger partial charge in [-0.2, -0.15) is 0 Å². The van der Waals surface area contributed by atoms with E-state index in [2.05, 4.69) is 5.32 Å². The van der Waals surface area contributed by atoms with E-state index in [1.165, 1.54) is 12.1 Å². The Hall–Kier alpha value is -2.60. The van der Waals surface area contributed by atoms with Gasteiger partial charge in [-0.05, 0) is 61.6 Å². The van der Waals surface area contributed by atoms with Crippen molar-refractivity contribution in [3.8, 4) is 5.75 Å². The predicted octanol–water partition coefficient (Wildman–Crippen LogP) is 3.98. The highest BCUT2D eigenvalue weighted by Gasteiger charge is 2.40. The van der Waals surface area contributed by atoms with E-state index in [1.807, 2.05) is 36.1 Å². The third-order valence-corrected chi connectivity index (χ3v) is 5.61. The third-order valence-electron chi connectivity index (χ3n) is 5.61. The summed E-state index contributed by atoms with van der Waals surface area (Å²) >= 11 is 0. The Morgan fingerprint density at radius 1 is 1.21 bits per heavy atom. The molecule has 2 unspecified atom stereocenters. The molecule has 5 nitrogen and oxygen atoms in total. The minimum absolute atomic E-state index is 0.0464. The number of benzene rings is 2. The quantitative estimate of drug-likeness (QED) is 0.757. The fourth-order valence-corrected chi connectivity index (χ4v) is 3.88. The van der Waals surface area contributed by atoms with Crippen molar-refractivity contribution < 1.29 is 19.0 Å². The number of amides is 2. The van der Waals surface area contributed by atoms with Crippen molar-refractivity contribution in [2.45, 2.75) is 37.8 Å². The van der Waals surface area contributed by atoms with Crippen molar-refractivity contribution in [1.82, 2.24) is 10.2 Å². The van der Waals surface area contributed by atoms with Crippen LogP contribution in [0, 0.1) is 5.82 Å². The van der Waals surface area contributed by atoms with Gasteiger partial charge in [-0.1, -0.05) is 24.3 Å². The average molecular weight is 386 g/mol. The Balaban J connectivity index is 1.80. The summed E-state index contributed by atoms with van der Waals surface area (Å²) in [6, 6.07) is 13.7. The van der Waals surface area contributed by atoms with Gasteiger partial charge >= 0.3 is 6.03 Å². The number of methoxy groups -OCH3 is 1. The zero-order chi connectivity index (χ0) is 20.1. The largest absolute Gasteiger partial charge is 0.497 e. The predicted molar refractivity (Wildman–Crippen MR) is 106 cm³/mol. The van der Waals surface area contributed by atoms with E-state index in [0.717, 1.165) is 16.9 Å². The van der Waals surface area contributed by atoms with Gasteiger partial charge in [0, 0.05) is 13.2 Å². The number of aliphatic hydroxyl groups is 1. The normalized spacial score (nSPS) is 20.6. The zero-order valence-corrected chi connectivity index (χ0v) is 16.3. The number of hydrogen-bond donors (Lipinski definition) is 2. The summed E-state index contributed by atoms with van der Waals surface area (Å²) in [5.41, 5.74) is 1.30. The SMILES string of the molecule is COc1ccc(C(C)N2CCC(CCCO)(c3ccc(F)cc3)NC2=O)cc1. The second kappa shape index (κ2) is 8.61. The molecule has 0 aliphatic carbocycles. The van der Waals surface area contributed by atoms with E-state index in [1.54, 1.807) is 19.2 Å². The third kappa shape index (κ3) is 4.12. The number of nitrogens with zero attached hydrogens (tertiary/aromatic N) is 1. The van der Waals surface area contributed by atoms with Gasteiger partial charge < -0.3 is 20.1 Å². The van der Waals surface area contributed by atoms with Crippen LogP contribution in [-0.2, 0) is 5.54 Å². The van der Waals surface area contributed by atoms with Gasteiger partial charge in [-0.3, -0.25) is 0 Å². The van der Waals surface area contributed by atoms with Gasteiger partial charge in [0.25, 0.3) is 0 Å². The van der Waals surface area contributed by atoms with E-state index in [-0.39, 0.29) is 24.5 Å². The zero-order valence-electron chi connectivity index (χ0n) is 16.3. The van der Waals surface area contributed by atoms with Crippen molar-refractivity contribution in [3.63, 3.8) is 0 Å². The van der Waals surface area contributed by atoms with E-state index >= 15 is 0 Å². The molecule has 2 atom stereocenters. The maximum Gasteiger partial charge on any atom is 0.318 e. The Morgan fingerprint density at radius 2 is 1.89 bits per heavy atom. The number of carbonyl (C=O) groups is 1. The fourth-order valence-electron chi connectivity index (χ4n) is 3.88. The van der Waals surface area contributed by atoms with Crippen molar-refractivity contribution in [2.24, 2.45) is 0 Å². The molecular weight excluding hydrogens is 359 g/mol. The van der Waals surface area contributed by atoms with E-state index < -0.39 is 5.54 Å². The Kier molecular flexibility index (Phi) is 6.19. The first-order chi connectivity index (χ1) is 13.5. The molecule has 1 aliphatic rings. The number of carbonyl (C=O) groups excluding carboxylic acids is 1. The molecule has 2 amide bonds. The second-order valence-corrected chi connectivity index (χ2v) is 7.24. The van der Waals surface area contributed by atoms with Crippen molar-refractivity contribution >= 4 is 6.03 Å². The highest BCUT2D eigenvalue weighted by molar-refractivity contribution is 5.77. The van der Waals surface area contributed by atoms with E-state index in [4.69, 9.17) is 4.74 Å². The summed E-state index contributed by atoms with van der Waals surface area (Å²) in [7, 11) is 1.62. The molecule has 1 fully saturated rings. The molecule has 1 saturated heterocycles. The minimum Gasteiger partial charge on any atom is -0.497 e. The standard InChI is InChI=1S/C22H27FN2O3/c1-16(17-4-10-20(28-2)11-5-17)25-14-13-22(12-3-15-26,24-21(25)27)18-6-8-19(23)9-7-18/h4-11,16,26H,3,12-15H2,1-2H3,(H,24,27). The first-order valence-corrected chi connectivity index (χ1v) is 9.59. The molecule has 0 spiro atoms. The molecule has 0 bridgehead atoms. The van der Waals surface area contributed by atoms with Crippen LogP contribution < -0.4 is 10.1 Å². The van der Waals surface area contributed by atoms with Crippen LogP contribution in [0.2, 0.25) is 0 Å². The average Bonchev–Trinajstić information content (AvgIpc) is 2.72. The topological polar surface area (TPSA) is 61.8 Å². The number of hydrogen-bond acceptors (Lipinski definition) is 3. The number of rotatable bonds is 7. The van der Waals surface area contributed by atoms with Crippen LogP contribution >= 0.6 is 0 Å². The van der Waals surface area contributed by atoms with Crippen LogP contribution in [0.5, 0.6) is 5.75 Å². The summed E-state index contributed by atoms with van der Waals surface area (Å²) in [4.78, 5) is 14.8. The van der Waals surface area contributed by atoms with Crippen LogP contribution in [0.3, 0.4) is 0 Å². The number of aliphatic hydroxyl groups excluding tert-OH is 1. The molecule has 2 aromatic carbocycles. The molecule has 0 aromatic heterocycles. The first-order valence-electron chi connectivity index (χ1n) is 9.59. The summed E-state index contributed by atoms with van der Waals surface area (Å²) < 4.78 is 18.6. The molecule has 0 saturated carbocycles. The lowest BCUT2D eigenvalue weighted by Crippen LogP contribution is -2.58. The lowest BCUT2D eigenvalue weighted by atomic mass is 9.81.